The summed E-state index contributed by atoms with van der Waals surface area (Å²) in [5.74, 6) is -2.44. The summed E-state index contributed by atoms with van der Waals surface area (Å²) in [6.07, 6.45) is 0. The Morgan fingerprint density at radius 1 is 1.15 bits per heavy atom. The number of esters is 1. The minimum atomic E-state index is -1.09. The van der Waals surface area contributed by atoms with E-state index in [2.05, 4.69) is 20.8 Å². The molecule has 0 radical (unpaired) electrons. The molecule has 2 aromatic rings. The summed E-state index contributed by atoms with van der Waals surface area (Å²) in [7, 11) is 0. The van der Waals surface area contributed by atoms with Gasteiger partial charge >= 0.3 is 5.97 Å². The molecule has 0 bridgehead atoms. The van der Waals surface area contributed by atoms with Crippen molar-refractivity contribution in [2.24, 2.45) is 5.73 Å². The van der Waals surface area contributed by atoms with Gasteiger partial charge in [0.15, 0.2) is 0 Å². The minimum Gasteiger partial charge on any atom is -0.494 e. The van der Waals surface area contributed by atoms with Gasteiger partial charge in [-0.1, -0.05) is 39.0 Å². The first kappa shape index (κ1) is 20.8. The van der Waals surface area contributed by atoms with Crippen molar-refractivity contribution in [1.29, 1.82) is 0 Å². The lowest BCUT2D eigenvalue weighted by atomic mass is 9.86. The molecule has 2 rings (SSSR count). The highest BCUT2D eigenvalue weighted by Gasteiger charge is 2.22. The molecule has 1 atom stereocenters. The molecule has 27 heavy (non-hydrogen) atoms. The zero-order valence-electron chi connectivity index (χ0n) is 16.0. The third-order valence-corrected chi connectivity index (χ3v) is 4.14. The van der Waals surface area contributed by atoms with Crippen molar-refractivity contribution in [1.82, 2.24) is 0 Å². The zero-order valence-corrected chi connectivity index (χ0v) is 16.0. The second-order valence-electron chi connectivity index (χ2n) is 7.24. The second-order valence-corrected chi connectivity index (χ2v) is 7.24. The molecule has 0 spiro atoms. The van der Waals surface area contributed by atoms with Crippen LogP contribution in [0.4, 0.5) is 8.78 Å². The fourth-order valence-corrected chi connectivity index (χ4v) is 2.61. The summed E-state index contributed by atoms with van der Waals surface area (Å²) in [6.45, 7) is 8.34. The van der Waals surface area contributed by atoms with Crippen LogP contribution in [0.25, 0.3) is 0 Å². The van der Waals surface area contributed by atoms with Crippen LogP contribution in [-0.2, 0) is 10.2 Å². The first-order chi connectivity index (χ1) is 12.6. The quantitative estimate of drug-likeness (QED) is 0.752. The lowest BCUT2D eigenvalue weighted by Crippen LogP contribution is -2.22. The number of ether oxygens (including phenoxy) is 2. The lowest BCUT2D eigenvalue weighted by Gasteiger charge is -2.23. The molecule has 0 fully saturated rings. The summed E-state index contributed by atoms with van der Waals surface area (Å²) >= 11 is 0. The van der Waals surface area contributed by atoms with Gasteiger partial charge in [0.25, 0.3) is 0 Å². The molecule has 2 N–H and O–H groups in total. The molecule has 6 heteroatoms. The van der Waals surface area contributed by atoms with E-state index in [0.29, 0.717) is 17.9 Å². The maximum atomic E-state index is 13.7. The Morgan fingerprint density at radius 2 is 1.78 bits per heavy atom. The Hall–Kier alpha value is -2.47. The average Bonchev–Trinajstić information content (AvgIpc) is 2.59. The van der Waals surface area contributed by atoms with E-state index in [9.17, 15) is 13.6 Å². The van der Waals surface area contributed by atoms with Crippen LogP contribution < -0.4 is 10.5 Å². The van der Waals surface area contributed by atoms with E-state index in [4.69, 9.17) is 15.2 Å². The molecule has 0 aliphatic rings. The van der Waals surface area contributed by atoms with Gasteiger partial charge in [0.2, 0.25) is 0 Å². The normalized spacial score (nSPS) is 12.6. The predicted molar refractivity (Wildman–Crippen MR) is 99.9 cm³/mol. The fourth-order valence-electron chi connectivity index (χ4n) is 2.61. The molecule has 0 saturated heterocycles. The van der Waals surface area contributed by atoms with Crippen molar-refractivity contribution in [2.45, 2.75) is 39.2 Å². The first-order valence-electron chi connectivity index (χ1n) is 8.79. The first-order valence-corrected chi connectivity index (χ1v) is 8.79. The summed E-state index contributed by atoms with van der Waals surface area (Å²) in [4.78, 5) is 12.0. The van der Waals surface area contributed by atoms with Crippen molar-refractivity contribution >= 4 is 5.97 Å². The second kappa shape index (κ2) is 8.48. The van der Waals surface area contributed by atoms with Gasteiger partial charge in [-0.15, -0.1) is 0 Å². The number of nitrogens with two attached hydrogens (primary N) is 1. The summed E-state index contributed by atoms with van der Waals surface area (Å²) in [6, 6.07) is 8.16. The lowest BCUT2D eigenvalue weighted by molar-refractivity contribution is 0.0468. The van der Waals surface area contributed by atoms with E-state index in [1.165, 1.54) is 6.07 Å². The SMILES string of the molecule is CCOc1cc(C(C)(C)C)ccc1C(N)COC(=O)c1c(F)cccc1F. The van der Waals surface area contributed by atoms with Crippen LogP contribution in [0.3, 0.4) is 0 Å². The van der Waals surface area contributed by atoms with Crippen molar-refractivity contribution in [2.75, 3.05) is 13.2 Å². The molecular weight excluding hydrogens is 352 g/mol. The Bertz CT molecular complexity index is 795. The van der Waals surface area contributed by atoms with Crippen LogP contribution in [0.2, 0.25) is 0 Å². The smallest absolute Gasteiger partial charge is 0.344 e. The van der Waals surface area contributed by atoms with Crippen LogP contribution in [0.1, 0.15) is 55.2 Å². The Kier molecular flexibility index (Phi) is 6.54. The number of carbonyl (C=O) groups excluding carboxylic acids is 1. The van der Waals surface area contributed by atoms with E-state index in [-0.39, 0.29) is 12.0 Å². The molecule has 0 aliphatic carbocycles. The van der Waals surface area contributed by atoms with Gasteiger partial charge in [0.1, 0.15) is 29.6 Å². The van der Waals surface area contributed by atoms with Gasteiger partial charge in [-0.2, -0.15) is 0 Å². The van der Waals surface area contributed by atoms with Crippen molar-refractivity contribution in [3.8, 4) is 5.75 Å². The van der Waals surface area contributed by atoms with Crippen molar-refractivity contribution in [3.05, 3.63) is 64.7 Å². The summed E-state index contributed by atoms with van der Waals surface area (Å²) in [5, 5.41) is 0. The van der Waals surface area contributed by atoms with Gasteiger partial charge in [-0.05, 0) is 36.1 Å². The number of halogens is 2. The number of hydrogen-bond acceptors (Lipinski definition) is 4. The van der Waals surface area contributed by atoms with Crippen LogP contribution in [0.15, 0.2) is 36.4 Å². The molecule has 4 nitrogen and oxygen atoms in total. The maximum Gasteiger partial charge on any atom is 0.344 e. The standard InChI is InChI=1S/C21H25F2NO3/c1-5-26-18-11-13(21(2,3)4)9-10-14(18)17(24)12-27-20(25)19-15(22)7-6-8-16(19)23/h6-11,17H,5,12,24H2,1-4H3. The number of hydrogen-bond donors (Lipinski definition) is 1. The molecule has 146 valence electrons. The van der Waals surface area contributed by atoms with E-state index >= 15 is 0 Å². The maximum absolute atomic E-state index is 13.7. The average molecular weight is 377 g/mol. The van der Waals surface area contributed by atoms with Crippen LogP contribution in [0, 0.1) is 11.6 Å². The molecule has 0 aliphatic heterocycles. The van der Waals surface area contributed by atoms with Crippen LogP contribution in [0.5, 0.6) is 5.75 Å². The molecule has 0 saturated carbocycles. The summed E-state index contributed by atoms with van der Waals surface area (Å²) < 4.78 is 38.1. The van der Waals surface area contributed by atoms with Gasteiger partial charge in [-0.25, -0.2) is 13.6 Å². The third-order valence-electron chi connectivity index (χ3n) is 4.14. The molecular formula is C21H25F2NO3. The molecule has 1 unspecified atom stereocenters. The minimum absolute atomic E-state index is 0.0662. The molecule has 0 aromatic heterocycles. The fraction of sp³-hybridized carbons (Fsp3) is 0.381. The Balaban J connectivity index is 2.18. The Labute approximate surface area is 158 Å². The van der Waals surface area contributed by atoms with Crippen LogP contribution >= 0.6 is 0 Å². The predicted octanol–water partition coefficient (Wildman–Crippen LogP) is 4.52. The highest BCUT2D eigenvalue weighted by Crippen LogP contribution is 2.31. The largest absolute Gasteiger partial charge is 0.494 e. The summed E-state index contributed by atoms with van der Waals surface area (Å²) in [5.41, 5.74) is 7.09. The van der Waals surface area contributed by atoms with Crippen molar-refractivity contribution in [3.63, 3.8) is 0 Å². The van der Waals surface area contributed by atoms with Gasteiger partial charge in [0, 0.05) is 5.56 Å². The number of carbonyl (C=O) groups is 1. The van der Waals surface area contributed by atoms with Gasteiger partial charge in [0.05, 0.1) is 12.6 Å². The molecule has 0 heterocycles. The number of rotatable bonds is 6. The van der Waals surface area contributed by atoms with E-state index in [1.807, 2.05) is 25.1 Å². The highest BCUT2D eigenvalue weighted by molar-refractivity contribution is 5.90. The number of benzene rings is 2. The van der Waals surface area contributed by atoms with Gasteiger partial charge < -0.3 is 15.2 Å². The monoisotopic (exact) mass is 377 g/mol. The Morgan fingerprint density at radius 3 is 2.33 bits per heavy atom. The molecule has 0 amide bonds. The topological polar surface area (TPSA) is 61.6 Å². The van der Waals surface area contributed by atoms with E-state index in [0.717, 1.165) is 17.7 Å². The van der Waals surface area contributed by atoms with Gasteiger partial charge in [-0.3, -0.25) is 0 Å². The van der Waals surface area contributed by atoms with E-state index in [1.54, 1.807) is 0 Å². The third kappa shape index (κ3) is 5.04. The van der Waals surface area contributed by atoms with Crippen LogP contribution in [-0.4, -0.2) is 19.2 Å². The van der Waals surface area contributed by atoms with E-state index < -0.39 is 29.2 Å². The molecule has 2 aromatic carbocycles. The van der Waals surface area contributed by atoms with Crippen molar-refractivity contribution < 1.29 is 23.0 Å². The highest BCUT2D eigenvalue weighted by atomic mass is 19.1. The zero-order chi connectivity index (χ0) is 20.2.